The van der Waals surface area contributed by atoms with Crippen LogP contribution in [0.1, 0.15) is 156 Å². The van der Waals surface area contributed by atoms with Crippen LogP contribution in [0.5, 0.6) is 0 Å². The number of hydrogen-bond donors (Lipinski definition) is 0. The number of para-hydroxylation sites is 2. The molecule has 2 aliphatic carbocycles. The minimum absolute atomic E-state index is 0.0136. The molecule has 0 saturated carbocycles. The van der Waals surface area contributed by atoms with Crippen molar-refractivity contribution in [1.29, 1.82) is 0 Å². The molecule has 12 aromatic rings. The van der Waals surface area contributed by atoms with E-state index in [1.807, 2.05) is 0 Å². The van der Waals surface area contributed by atoms with Gasteiger partial charge in [0.05, 0.1) is 16.7 Å². The van der Waals surface area contributed by atoms with Crippen molar-refractivity contribution in [3.63, 3.8) is 0 Å². The number of rotatable bonds is 7. The van der Waals surface area contributed by atoms with Gasteiger partial charge in [-0.2, -0.15) is 0 Å². The minimum atomic E-state index is -0.143. The molecule has 16 rings (SSSR count). The van der Waals surface area contributed by atoms with Gasteiger partial charge < -0.3 is 14.4 Å². The SMILES string of the molecule is CC(C)(C)c1cccc(-c2ccc3c(c2)B2c4cc(-c5cccc(C(C)(C)C)c5)ccc4N(c4ccc(-c5ccc6c(c5)C(C)(C)CCC6(C)C)cc4)c4cc(-n5c6ccccc6c6ccccc65)cc(c42)N3c2ccc(-c3ccc4c(c3)C(C)(C)CCC4(C)C)cc2)c1. The van der Waals surface area contributed by atoms with Crippen LogP contribution >= 0.6 is 0 Å². The Bertz CT molecular complexity index is 4740. The van der Waals surface area contributed by atoms with Crippen LogP contribution in [-0.4, -0.2) is 11.3 Å². The maximum Gasteiger partial charge on any atom is 0.252 e. The molecule has 0 N–H and O–H groups in total. The van der Waals surface area contributed by atoms with Gasteiger partial charge in [0.1, 0.15) is 0 Å². The Morgan fingerprint density at radius 3 is 1.05 bits per heavy atom. The maximum absolute atomic E-state index is 2.61. The first-order valence-electron chi connectivity index (χ1n) is 34.6. The van der Waals surface area contributed by atoms with Gasteiger partial charge >= 0.3 is 0 Å². The molecule has 466 valence electrons. The molecule has 4 aliphatic rings. The van der Waals surface area contributed by atoms with Gasteiger partial charge in [-0.05, 0) is 213 Å². The van der Waals surface area contributed by atoms with Gasteiger partial charge in [-0.25, -0.2) is 0 Å². The number of hydrogen-bond acceptors (Lipinski definition) is 2. The van der Waals surface area contributed by atoms with Crippen molar-refractivity contribution < 1.29 is 0 Å². The van der Waals surface area contributed by atoms with E-state index in [0.717, 1.165) is 17.1 Å². The number of aromatic nitrogens is 1. The Morgan fingerprint density at radius 2 is 0.649 bits per heavy atom. The minimum Gasteiger partial charge on any atom is -0.311 e. The summed E-state index contributed by atoms with van der Waals surface area (Å²) in [6.07, 6.45) is 4.75. The van der Waals surface area contributed by atoms with Crippen LogP contribution < -0.4 is 26.2 Å². The molecule has 0 spiro atoms. The van der Waals surface area contributed by atoms with E-state index < -0.39 is 0 Å². The zero-order chi connectivity index (χ0) is 65.2. The van der Waals surface area contributed by atoms with E-state index in [4.69, 9.17) is 0 Å². The van der Waals surface area contributed by atoms with Crippen LogP contribution in [0.25, 0.3) is 72.0 Å². The average molecular weight is 1220 g/mol. The van der Waals surface area contributed by atoms with Crippen LogP contribution in [-0.2, 0) is 32.5 Å². The zero-order valence-corrected chi connectivity index (χ0v) is 57.7. The Hall–Kier alpha value is -9.12. The van der Waals surface area contributed by atoms with E-state index in [2.05, 4.69) is 342 Å². The van der Waals surface area contributed by atoms with Crippen LogP contribution in [0, 0.1) is 0 Å². The lowest BCUT2D eigenvalue weighted by Gasteiger charge is -2.45. The normalized spacial score (nSPS) is 16.5. The summed E-state index contributed by atoms with van der Waals surface area (Å²) in [7, 11) is 0. The maximum atomic E-state index is 2.61. The number of fused-ring (bicyclic) bond motifs is 9. The van der Waals surface area contributed by atoms with E-state index in [0.29, 0.717) is 0 Å². The standard InChI is InChI=1S/C90H88BN3/c1-85(2,3)65-23-19-21-59(49-65)63-35-43-80-76(53-63)91-77-54-64(60-22-20-24-66(50-60)86(4,5)6)36-44-81(77)93(68-39-31-58(32-40-68)62-34-42-73-75(52-62)90(13,14)48-46-88(73,9)10)83-56-69(94-78-27-17-15-25-70(78)71-26-16-18-28-79(71)94)55-82(84(83)91)92(80)67-37-29-57(30-38-67)61-33-41-72-74(51-61)89(11,12)47-45-87(72,7)8/h15-44,49-56H,45-48H2,1-14H3. The van der Waals surface area contributed by atoms with Crippen molar-refractivity contribution in [2.24, 2.45) is 0 Å². The molecular formula is C90H88BN3. The summed E-state index contributed by atoms with van der Waals surface area (Å²) in [6.45, 7) is 33.2. The third kappa shape index (κ3) is 9.74. The highest BCUT2D eigenvalue weighted by Gasteiger charge is 2.45. The third-order valence-corrected chi connectivity index (χ3v) is 22.6. The van der Waals surface area contributed by atoms with E-state index in [1.165, 1.54) is 165 Å². The third-order valence-electron chi connectivity index (χ3n) is 22.6. The largest absolute Gasteiger partial charge is 0.311 e. The summed E-state index contributed by atoms with van der Waals surface area (Å²) in [5.41, 5.74) is 33.2. The lowest BCUT2D eigenvalue weighted by atomic mass is 9.33. The summed E-state index contributed by atoms with van der Waals surface area (Å²) in [6, 6.07) is 90.0. The fraction of sp³-hybridized carbons (Fsp3) is 0.267. The summed E-state index contributed by atoms with van der Waals surface area (Å²) in [5.74, 6) is 0. The molecular weight excluding hydrogens is 1130 g/mol. The molecule has 94 heavy (non-hydrogen) atoms. The molecule has 0 saturated heterocycles. The number of nitrogens with zero attached hydrogens (tertiary/aromatic N) is 3. The fourth-order valence-electron chi connectivity index (χ4n) is 16.7. The van der Waals surface area contributed by atoms with Crippen molar-refractivity contribution in [2.75, 3.05) is 9.80 Å². The summed E-state index contributed by atoms with van der Waals surface area (Å²) >= 11 is 0. The molecule has 0 amide bonds. The van der Waals surface area contributed by atoms with Crippen LogP contribution in [0.2, 0.25) is 0 Å². The zero-order valence-electron chi connectivity index (χ0n) is 57.7. The van der Waals surface area contributed by atoms with Crippen LogP contribution in [0.3, 0.4) is 0 Å². The van der Waals surface area contributed by atoms with Gasteiger partial charge in [-0.15, -0.1) is 0 Å². The topological polar surface area (TPSA) is 11.4 Å². The van der Waals surface area contributed by atoms with Crippen molar-refractivity contribution in [3.8, 4) is 50.2 Å². The molecule has 0 atom stereocenters. The van der Waals surface area contributed by atoms with Crippen molar-refractivity contribution >= 4 is 79.0 Å². The Morgan fingerprint density at radius 1 is 0.298 bits per heavy atom. The summed E-state index contributed by atoms with van der Waals surface area (Å²) < 4.78 is 2.53. The first-order chi connectivity index (χ1) is 44.8. The average Bonchev–Trinajstić information content (AvgIpc) is 0.888. The summed E-state index contributed by atoms with van der Waals surface area (Å²) in [5, 5.41) is 2.49. The second-order valence-electron chi connectivity index (χ2n) is 32.7. The van der Waals surface area contributed by atoms with Gasteiger partial charge in [0.15, 0.2) is 0 Å². The van der Waals surface area contributed by atoms with Gasteiger partial charge in [0.25, 0.3) is 6.71 Å². The summed E-state index contributed by atoms with van der Waals surface area (Å²) in [4.78, 5) is 5.23. The first kappa shape index (κ1) is 59.9. The highest BCUT2D eigenvalue weighted by atomic mass is 15.2. The molecule has 0 unspecified atom stereocenters. The van der Waals surface area contributed by atoms with Gasteiger partial charge in [-0.3, -0.25) is 0 Å². The van der Waals surface area contributed by atoms with Crippen molar-refractivity contribution in [3.05, 3.63) is 264 Å². The first-order valence-corrected chi connectivity index (χ1v) is 34.6. The number of anilines is 6. The van der Waals surface area contributed by atoms with E-state index >= 15 is 0 Å². The molecule has 0 fully saturated rings. The van der Waals surface area contributed by atoms with Crippen LogP contribution in [0.15, 0.2) is 231 Å². The lowest BCUT2D eigenvalue weighted by Crippen LogP contribution is -2.61. The quantitative estimate of drug-likeness (QED) is 0.147. The molecule has 0 bridgehead atoms. The lowest BCUT2D eigenvalue weighted by molar-refractivity contribution is 0.332. The Kier molecular flexibility index (Phi) is 13.5. The molecule has 4 heteroatoms. The highest BCUT2D eigenvalue weighted by molar-refractivity contribution is 7.00. The Balaban J connectivity index is 0.968. The molecule has 1 aromatic heterocycles. The molecule has 2 aliphatic heterocycles. The second-order valence-corrected chi connectivity index (χ2v) is 32.7. The fourth-order valence-corrected chi connectivity index (χ4v) is 16.7. The smallest absolute Gasteiger partial charge is 0.252 e. The predicted octanol–water partition coefficient (Wildman–Crippen LogP) is 22.8. The van der Waals surface area contributed by atoms with Crippen molar-refractivity contribution in [1.82, 2.24) is 4.57 Å². The van der Waals surface area contributed by atoms with E-state index in [9.17, 15) is 0 Å². The molecule has 0 radical (unpaired) electrons. The van der Waals surface area contributed by atoms with E-state index in [-0.39, 0.29) is 39.2 Å². The van der Waals surface area contributed by atoms with Crippen LogP contribution in [0.4, 0.5) is 34.1 Å². The van der Waals surface area contributed by atoms with Gasteiger partial charge in [-0.1, -0.05) is 267 Å². The molecule has 3 nitrogen and oxygen atoms in total. The molecule has 11 aromatic carbocycles. The Labute approximate surface area is 559 Å². The predicted molar refractivity (Wildman–Crippen MR) is 405 cm³/mol. The van der Waals surface area contributed by atoms with Gasteiger partial charge in [0.2, 0.25) is 0 Å². The molecule has 3 heterocycles. The van der Waals surface area contributed by atoms with Crippen molar-refractivity contribution in [2.45, 2.75) is 155 Å². The monoisotopic (exact) mass is 1220 g/mol. The van der Waals surface area contributed by atoms with E-state index in [1.54, 1.807) is 0 Å². The number of benzene rings is 11. The van der Waals surface area contributed by atoms with Gasteiger partial charge in [0, 0.05) is 44.9 Å². The highest BCUT2D eigenvalue weighted by Crippen LogP contribution is 2.52. The second kappa shape index (κ2) is 21.2.